The molecular formula is C5H9F3O2SSi. The highest BCUT2D eigenvalue weighted by Gasteiger charge is 2.35. The van der Waals surface area contributed by atoms with Crippen LogP contribution in [0, 0.1) is 0 Å². The van der Waals surface area contributed by atoms with Gasteiger partial charge in [0.15, 0.2) is 0 Å². The minimum absolute atomic E-state index is 0.00941. The van der Waals surface area contributed by atoms with Crippen molar-refractivity contribution in [2.75, 3.05) is 12.9 Å². The van der Waals surface area contributed by atoms with Crippen LogP contribution < -0.4 is 0 Å². The van der Waals surface area contributed by atoms with Crippen LogP contribution >= 0.6 is 11.8 Å². The molecule has 7 heteroatoms. The van der Waals surface area contributed by atoms with E-state index in [1.165, 1.54) is 7.11 Å². The van der Waals surface area contributed by atoms with Crippen molar-refractivity contribution in [2.45, 2.75) is 12.5 Å². The van der Waals surface area contributed by atoms with Gasteiger partial charge in [0.05, 0.1) is 7.11 Å². The van der Waals surface area contributed by atoms with Crippen LogP contribution in [0.25, 0.3) is 0 Å². The van der Waals surface area contributed by atoms with Gasteiger partial charge in [-0.15, -0.1) is 0 Å². The van der Waals surface area contributed by atoms with E-state index in [0.717, 1.165) is 11.8 Å². The van der Waals surface area contributed by atoms with Crippen LogP contribution in [-0.2, 0) is 4.74 Å². The number of carbonyl (C=O) groups excluding carboxylic acids is 1. The fraction of sp³-hybridized carbons (Fsp3) is 0.800. The Hall–Kier alpha value is -0.173. The van der Waals surface area contributed by atoms with Gasteiger partial charge in [-0.25, -0.2) is 17.1 Å². The molecule has 0 unspecified atom stereocenters. The van der Waals surface area contributed by atoms with Gasteiger partial charge in [-0.1, -0.05) is 0 Å². The summed E-state index contributed by atoms with van der Waals surface area (Å²) in [5.74, 6) is 0.180. The van der Waals surface area contributed by atoms with Gasteiger partial charge in [-0.3, -0.25) is 0 Å². The van der Waals surface area contributed by atoms with Gasteiger partial charge in [-0.05, 0) is 18.2 Å². The highest BCUT2D eigenvalue weighted by Crippen LogP contribution is 2.19. The zero-order valence-electron chi connectivity index (χ0n) is 6.48. The first kappa shape index (κ1) is 11.8. The van der Waals surface area contributed by atoms with E-state index in [1.807, 2.05) is 0 Å². The standard InChI is InChI=1S/C5H9F3O2SSi/c1-10-5(9)11-3-2-4-12(6,7)8/h2-4H2,1H3. The van der Waals surface area contributed by atoms with Crippen molar-refractivity contribution in [3.8, 4) is 0 Å². The Bertz CT molecular complexity index is 150. The molecule has 0 spiro atoms. The van der Waals surface area contributed by atoms with Crippen molar-refractivity contribution in [3.05, 3.63) is 0 Å². The molecular weight excluding hydrogens is 209 g/mol. The summed E-state index contributed by atoms with van der Waals surface area (Å²) in [6, 6.07) is -0.711. The molecule has 0 rings (SSSR count). The topological polar surface area (TPSA) is 26.3 Å². The van der Waals surface area contributed by atoms with Crippen molar-refractivity contribution in [1.82, 2.24) is 0 Å². The molecule has 0 aliphatic rings. The summed E-state index contributed by atoms with van der Waals surface area (Å²) in [5, 5.41) is -0.529. The minimum Gasteiger partial charge on any atom is -0.461 e. The summed E-state index contributed by atoms with van der Waals surface area (Å²) in [7, 11) is -4.20. The Labute approximate surface area is 74.0 Å². The lowest BCUT2D eigenvalue weighted by Crippen LogP contribution is -2.14. The third-order valence-electron chi connectivity index (χ3n) is 0.991. The average molecular weight is 218 g/mol. The SMILES string of the molecule is COC(=O)SCCC[Si](F)(F)F. The van der Waals surface area contributed by atoms with E-state index >= 15 is 0 Å². The summed E-state index contributed by atoms with van der Waals surface area (Å²) >= 11 is 0.778. The van der Waals surface area contributed by atoms with E-state index < -0.39 is 20.4 Å². The largest absolute Gasteiger partial charge is 0.616 e. The zero-order chi connectivity index (χ0) is 9.61. The number of ether oxygens (including phenoxy) is 1. The van der Waals surface area contributed by atoms with Crippen molar-refractivity contribution in [3.63, 3.8) is 0 Å². The van der Waals surface area contributed by atoms with Crippen molar-refractivity contribution < 1.29 is 21.9 Å². The fourth-order valence-corrected chi connectivity index (χ4v) is 1.89. The Kier molecular flexibility index (Phi) is 5.39. The Morgan fingerprint density at radius 3 is 2.50 bits per heavy atom. The summed E-state index contributed by atoms with van der Waals surface area (Å²) in [4.78, 5) is 10.4. The molecule has 12 heavy (non-hydrogen) atoms. The molecule has 2 nitrogen and oxygen atoms in total. The lowest BCUT2D eigenvalue weighted by Gasteiger charge is -2.00. The van der Waals surface area contributed by atoms with Crippen LogP contribution in [0.2, 0.25) is 6.04 Å². The molecule has 0 aromatic heterocycles. The normalized spacial score (nSPS) is 11.3. The van der Waals surface area contributed by atoms with Crippen molar-refractivity contribution in [2.24, 2.45) is 0 Å². The first-order valence-electron chi connectivity index (χ1n) is 3.23. The first-order valence-corrected chi connectivity index (χ1v) is 6.06. The molecule has 72 valence electrons. The maximum atomic E-state index is 11.7. The number of methoxy groups -OCH3 is 1. The second kappa shape index (κ2) is 5.47. The highest BCUT2D eigenvalue weighted by molar-refractivity contribution is 8.13. The molecule has 0 amide bonds. The Morgan fingerprint density at radius 1 is 1.50 bits per heavy atom. The van der Waals surface area contributed by atoms with Crippen LogP contribution in [0.1, 0.15) is 6.42 Å². The fourth-order valence-electron chi connectivity index (χ4n) is 0.487. The third kappa shape index (κ3) is 7.93. The molecule has 0 N–H and O–H groups in total. The molecule has 0 fully saturated rings. The number of hydrogen-bond donors (Lipinski definition) is 0. The van der Waals surface area contributed by atoms with Gasteiger partial charge in [0, 0.05) is 11.8 Å². The second-order valence-electron chi connectivity index (χ2n) is 2.02. The predicted molar refractivity (Wildman–Crippen MR) is 43.4 cm³/mol. The molecule has 0 aromatic rings. The summed E-state index contributed by atoms with van der Waals surface area (Å²) < 4.78 is 39.3. The van der Waals surface area contributed by atoms with Gasteiger partial charge >= 0.3 is 14.4 Å². The quantitative estimate of drug-likeness (QED) is 0.314. The molecule has 0 aliphatic carbocycles. The average Bonchev–Trinajstić information content (AvgIpc) is 1.96. The maximum Gasteiger partial charge on any atom is 0.616 e. The van der Waals surface area contributed by atoms with E-state index in [4.69, 9.17) is 0 Å². The Balaban J connectivity index is 3.28. The summed E-state index contributed by atoms with van der Waals surface area (Å²) in [6.07, 6.45) is 0.00941. The van der Waals surface area contributed by atoms with Gasteiger partial charge in [0.25, 0.3) is 0 Å². The molecule has 0 radical (unpaired) electrons. The van der Waals surface area contributed by atoms with Gasteiger partial charge < -0.3 is 4.74 Å². The maximum absolute atomic E-state index is 11.7. The monoisotopic (exact) mass is 218 g/mol. The third-order valence-corrected chi connectivity index (χ3v) is 2.81. The van der Waals surface area contributed by atoms with E-state index in [0.29, 0.717) is 0 Å². The predicted octanol–water partition coefficient (Wildman–Crippen LogP) is 2.72. The number of carbonyl (C=O) groups is 1. The summed E-state index contributed by atoms with van der Waals surface area (Å²) in [5.41, 5.74) is 0. The number of hydrogen-bond acceptors (Lipinski definition) is 3. The molecule has 0 saturated heterocycles. The molecule has 0 aliphatic heterocycles. The molecule has 0 aromatic carbocycles. The lowest BCUT2D eigenvalue weighted by atomic mass is 10.6. The van der Waals surface area contributed by atoms with E-state index in [9.17, 15) is 17.1 Å². The van der Waals surface area contributed by atoms with Crippen LogP contribution in [0.4, 0.5) is 17.1 Å². The van der Waals surface area contributed by atoms with Crippen LogP contribution in [0.3, 0.4) is 0 Å². The number of thioether (sulfide) groups is 1. The van der Waals surface area contributed by atoms with Gasteiger partial charge in [-0.2, -0.15) is 0 Å². The zero-order valence-corrected chi connectivity index (χ0v) is 8.30. The summed E-state index contributed by atoms with van der Waals surface area (Å²) in [6.45, 7) is 0. The number of rotatable bonds is 4. The lowest BCUT2D eigenvalue weighted by molar-refractivity contribution is 0.200. The van der Waals surface area contributed by atoms with Crippen LogP contribution in [0.15, 0.2) is 0 Å². The van der Waals surface area contributed by atoms with Gasteiger partial charge in [0.2, 0.25) is 0 Å². The van der Waals surface area contributed by atoms with Crippen molar-refractivity contribution in [1.29, 1.82) is 0 Å². The first-order chi connectivity index (χ1) is 5.45. The van der Waals surface area contributed by atoms with Crippen molar-refractivity contribution >= 4 is 26.1 Å². The van der Waals surface area contributed by atoms with Crippen LogP contribution in [0.5, 0.6) is 0 Å². The molecule has 0 saturated carbocycles. The van der Waals surface area contributed by atoms with Crippen LogP contribution in [-0.4, -0.2) is 27.2 Å². The molecule has 0 heterocycles. The van der Waals surface area contributed by atoms with E-state index in [2.05, 4.69) is 4.74 Å². The number of halogens is 3. The minimum atomic E-state index is -5.40. The van der Waals surface area contributed by atoms with Gasteiger partial charge in [0.1, 0.15) is 0 Å². The smallest absolute Gasteiger partial charge is 0.461 e. The molecule has 0 bridgehead atoms. The Morgan fingerprint density at radius 2 is 2.08 bits per heavy atom. The second-order valence-corrected chi connectivity index (χ2v) is 4.78. The van der Waals surface area contributed by atoms with E-state index in [-0.39, 0.29) is 12.2 Å². The van der Waals surface area contributed by atoms with E-state index in [1.54, 1.807) is 0 Å². The highest BCUT2D eigenvalue weighted by atomic mass is 32.2. The molecule has 0 atom stereocenters.